The summed E-state index contributed by atoms with van der Waals surface area (Å²) in [5.74, 6) is 5.78. The quantitative estimate of drug-likeness (QED) is 0.0664. The number of benzene rings is 2. The summed E-state index contributed by atoms with van der Waals surface area (Å²) in [6, 6.07) is 15.7. The highest BCUT2D eigenvalue weighted by atomic mass is 16.2. The molecular weight excluding hydrogens is 534 g/mol. The number of rotatable bonds is 13. The van der Waals surface area contributed by atoms with E-state index in [1.807, 2.05) is 0 Å². The molecule has 0 bridgehead atoms. The standard InChI is InChI=1S/C30H41N9O3/c1-18(16-31)39(26-19(2)20(26)3)25(40)17-36-15-14-30(29(32)37-38-33,23-10-6-21(7-11-23)27(41)34-4)24-12-8-22(9-13-24)28(42)35-5/h6-13,18-20,26,36,38H,14-15,17,33H2,1-5H3,(H2,32,37)(H,34,41)(H,35,42). The lowest BCUT2D eigenvalue weighted by Gasteiger charge is -2.35. The van der Waals surface area contributed by atoms with Crippen LogP contribution in [-0.4, -0.2) is 67.7 Å². The minimum absolute atomic E-state index is 0.0371. The van der Waals surface area contributed by atoms with E-state index in [1.54, 1.807) is 74.4 Å². The van der Waals surface area contributed by atoms with Gasteiger partial charge in [-0.2, -0.15) is 10.4 Å². The van der Waals surface area contributed by atoms with Gasteiger partial charge in [-0.25, -0.2) is 11.4 Å². The van der Waals surface area contributed by atoms with Gasteiger partial charge in [-0.3, -0.25) is 14.4 Å². The third kappa shape index (κ3) is 6.53. The topological polar surface area (TPSA) is 191 Å². The van der Waals surface area contributed by atoms with Crippen LogP contribution in [0.25, 0.3) is 0 Å². The molecule has 0 heterocycles. The molecule has 3 rings (SSSR count). The monoisotopic (exact) mass is 575 g/mol. The Morgan fingerprint density at radius 3 is 1.83 bits per heavy atom. The van der Waals surface area contributed by atoms with Crippen LogP contribution < -0.4 is 33.1 Å². The number of nitrogens with two attached hydrogens (primary N) is 2. The Morgan fingerprint density at radius 1 is 0.976 bits per heavy atom. The predicted octanol–water partition coefficient (Wildman–Crippen LogP) is 0.802. The maximum absolute atomic E-state index is 13.2. The largest absolute Gasteiger partial charge is 0.385 e. The molecule has 224 valence electrons. The van der Waals surface area contributed by atoms with Gasteiger partial charge >= 0.3 is 0 Å². The number of carbonyl (C=O) groups excluding carboxylic acids is 3. The van der Waals surface area contributed by atoms with E-state index in [0.717, 1.165) is 11.1 Å². The smallest absolute Gasteiger partial charge is 0.251 e. The van der Waals surface area contributed by atoms with E-state index < -0.39 is 11.5 Å². The second-order valence-corrected chi connectivity index (χ2v) is 10.6. The van der Waals surface area contributed by atoms with E-state index in [2.05, 4.69) is 46.5 Å². The number of carbonyl (C=O) groups is 3. The summed E-state index contributed by atoms with van der Waals surface area (Å²) >= 11 is 0. The molecule has 1 aliphatic rings. The van der Waals surface area contributed by atoms with Gasteiger partial charge in [0, 0.05) is 31.3 Å². The molecule has 42 heavy (non-hydrogen) atoms. The summed E-state index contributed by atoms with van der Waals surface area (Å²) in [6.45, 7) is 6.28. The summed E-state index contributed by atoms with van der Waals surface area (Å²) in [5.41, 5.74) is 10.2. The van der Waals surface area contributed by atoms with E-state index in [4.69, 9.17) is 11.6 Å². The van der Waals surface area contributed by atoms with Crippen LogP contribution in [0.1, 0.15) is 59.0 Å². The van der Waals surface area contributed by atoms with Crippen molar-refractivity contribution in [3.8, 4) is 6.07 Å². The average molecular weight is 576 g/mol. The van der Waals surface area contributed by atoms with Crippen molar-refractivity contribution in [2.45, 2.75) is 44.7 Å². The Hall–Kier alpha value is -4.47. The van der Waals surface area contributed by atoms with Crippen molar-refractivity contribution in [2.75, 3.05) is 27.2 Å². The molecule has 12 heteroatoms. The minimum atomic E-state index is -1.05. The molecule has 1 aliphatic carbocycles. The Morgan fingerprint density at radius 2 is 1.45 bits per heavy atom. The van der Waals surface area contributed by atoms with Gasteiger partial charge in [-0.05, 0) is 67.1 Å². The van der Waals surface area contributed by atoms with Gasteiger partial charge in [0.15, 0.2) is 0 Å². The van der Waals surface area contributed by atoms with Gasteiger partial charge in [0.2, 0.25) is 5.91 Å². The van der Waals surface area contributed by atoms with Crippen molar-refractivity contribution in [1.82, 2.24) is 26.4 Å². The van der Waals surface area contributed by atoms with Crippen molar-refractivity contribution in [3.63, 3.8) is 0 Å². The number of hydrazine groups is 1. The predicted molar refractivity (Wildman–Crippen MR) is 161 cm³/mol. The Kier molecular flexibility index (Phi) is 10.6. The number of nitrogens with zero attached hydrogens (tertiary/aromatic N) is 3. The maximum Gasteiger partial charge on any atom is 0.251 e. The molecule has 0 radical (unpaired) electrons. The van der Waals surface area contributed by atoms with Gasteiger partial charge < -0.3 is 26.6 Å². The lowest BCUT2D eigenvalue weighted by Crippen LogP contribution is -2.48. The van der Waals surface area contributed by atoms with Crippen LogP contribution in [0.5, 0.6) is 0 Å². The number of nitriles is 1. The van der Waals surface area contributed by atoms with Gasteiger partial charge in [-0.15, -0.1) is 0 Å². The molecule has 8 N–H and O–H groups in total. The van der Waals surface area contributed by atoms with E-state index in [-0.39, 0.29) is 36.1 Å². The van der Waals surface area contributed by atoms with E-state index in [1.165, 1.54) is 0 Å². The Balaban J connectivity index is 1.96. The zero-order valence-electron chi connectivity index (χ0n) is 24.8. The van der Waals surface area contributed by atoms with Crippen LogP contribution in [-0.2, 0) is 10.2 Å². The fourth-order valence-electron chi connectivity index (χ4n) is 5.55. The van der Waals surface area contributed by atoms with Gasteiger partial charge in [0.05, 0.1) is 18.0 Å². The molecule has 2 aromatic rings. The molecule has 3 unspecified atom stereocenters. The third-order valence-electron chi connectivity index (χ3n) is 8.29. The average Bonchev–Trinajstić information content (AvgIpc) is 3.60. The number of amides is 3. The zero-order valence-corrected chi connectivity index (χ0v) is 24.8. The number of nitrogens with one attached hydrogen (secondary N) is 4. The third-order valence-corrected chi connectivity index (χ3v) is 8.29. The first kappa shape index (κ1) is 32.0. The Labute approximate surface area is 246 Å². The number of amidine groups is 1. The minimum Gasteiger partial charge on any atom is -0.385 e. The van der Waals surface area contributed by atoms with Crippen molar-refractivity contribution in [2.24, 2.45) is 28.5 Å². The SMILES string of the molecule is CNC(=O)c1ccc(C(CCNCC(=O)N(C(C)C#N)C2C(C)C2C)(/C(N)=N/NN)c2ccc(C(=O)NC)cc2)cc1. The van der Waals surface area contributed by atoms with Gasteiger partial charge in [0.1, 0.15) is 11.9 Å². The van der Waals surface area contributed by atoms with E-state index in [0.29, 0.717) is 35.9 Å². The maximum atomic E-state index is 13.2. The highest BCUT2D eigenvalue weighted by Gasteiger charge is 2.50. The number of hydrogen-bond acceptors (Lipinski definition) is 8. The summed E-state index contributed by atoms with van der Waals surface area (Å²) in [6.07, 6.45) is 0.347. The summed E-state index contributed by atoms with van der Waals surface area (Å²) in [5, 5.41) is 22.1. The molecule has 0 spiro atoms. The normalized spacial score (nSPS) is 18.8. The van der Waals surface area contributed by atoms with Crippen molar-refractivity contribution < 1.29 is 14.4 Å². The van der Waals surface area contributed by atoms with Gasteiger partial charge in [-0.1, -0.05) is 38.1 Å². The highest BCUT2D eigenvalue weighted by molar-refractivity contribution is 5.98. The summed E-state index contributed by atoms with van der Waals surface area (Å²) in [7, 11) is 3.12. The molecule has 3 amide bonds. The number of hydrazone groups is 1. The van der Waals surface area contributed by atoms with E-state index in [9.17, 15) is 19.6 Å². The zero-order chi connectivity index (χ0) is 31.0. The molecule has 1 saturated carbocycles. The van der Waals surface area contributed by atoms with Crippen molar-refractivity contribution >= 4 is 23.6 Å². The fourth-order valence-corrected chi connectivity index (χ4v) is 5.55. The van der Waals surface area contributed by atoms with E-state index >= 15 is 0 Å². The summed E-state index contributed by atoms with van der Waals surface area (Å²) in [4.78, 5) is 39.3. The molecule has 1 fully saturated rings. The molecule has 0 aromatic heterocycles. The van der Waals surface area contributed by atoms with Crippen LogP contribution in [0, 0.1) is 23.2 Å². The van der Waals surface area contributed by atoms with Crippen LogP contribution >= 0.6 is 0 Å². The van der Waals surface area contributed by atoms with Crippen LogP contribution in [0.2, 0.25) is 0 Å². The molecule has 3 atom stereocenters. The van der Waals surface area contributed by atoms with Crippen molar-refractivity contribution in [3.05, 3.63) is 70.8 Å². The second-order valence-electron chi connectivity index (χ2n) is 10.6. The lowest BCUT2D eigenvalue weighted by atomic mass is 9.70. The first-order chi connectivity index (χ1) is 20.1. The molecular formula is C30H41N9O3. The molecule has 2 aromatic carbocycles. The highest BCUT2D eigenvalue weighted by Crippen LogP contribution is 2.43. The van der Waals surface area contributed by atoms with Crippen LogP contribution in [0.4, 0.5) is 0 Å². The van der Waals surface area contributed by atoms with Gasteiger partial charge in [0.25, 0.3) is 11.8 Å². The first-order valence-electron chi connectivity index (χ1n) is 13.9. The Bertz CT molecular complexity index is 1270. The number of hydrogen-bond donors (Lipinski definition) is 6. The molecule has 12 nitrogen and oxygen atoms in total. The summed E-state index contributed by atoms with van der Waals surface area (Å²) < 4.78 is 0. The molecule has 0 aliphatic heterocycles. The fraction of sp³-hybridized carbons (Fsp3) is 0.433. The van der Waals surface area contributed by atoms with Crippen LogP contribution in [0.3, 0.4) is 0 Å². The lowest BCUT2D eigenvalue weighted by molar-refractivity contribution is -0.132. The van der Waals surface area contributed by atoms with Crippen molar-refractivity contribution in [1.29, 1.82) is 5.26 Å². The second kappa shape index (κ2) is 13.9. The molecule has 0 saturated heterocycles. The van der Waals surface area contributed by atoms with Crippen LogP contribution in [0.15, 0.2) is 53.6 Å². The first-order valence-corrected chi connectivity index (χ1v) is 13.9.